The van der Waals surface area contributed by atoms with Gasteiger partial charge in [0.2, 0.25) is 5.95 Å². The van der Waals surface area contributed by atoms with Gasteiger partial charge in [-0.25, -0.2) is 9.37 Å². The van der Waals surface area contributed by atoms with Crippen molar-refractivity contribution in [3.8, 4) is 0 Å². The summed E-state index contributed by atoms with van der Waals surface area (Å²) in [6, 6.07) is 14.3. The van der Waals surface area contributed by atoms with E-state index in [-0.39, 0.29) is 5.82 Å². The number of aromatic nitrogens is 2. The number of benzene rings is 2. The lowest BCUT2D eigenvalue weighted by molar-refractivity contribution is 0.610. The van der Waals surface area contributed by atoms with Crippen molar-refractivity contribution in [2.75, 3.05) is 17.2 Å². The molecule has 0 radical (unpaired) electrons. The van der Waals surface area contributed by atoms with Gasteiger partial charge in [-0.15, -0.1) is 0 Å². The van der Waals surface area contributed by atoms with E-state index in [9.17, 15) is 4.39 Å². The van der Waals surface area contributed by atoms with Crippen LogP contribution in [0.3, 0.4) is 0 Å². The first-order chi connectivity index (χ1) is 12.5. The van der Waals surface area contributed by atoms with Gasteiger partial charge in [-0.1, -0.05) is 35.9 Å². The van der Waals surface area contributed by atoms with Crippen LogP contribution in [0.25, 0.3) is 0 Å². The fourth-order valence-electron chi connectivity index (χ4n) is 2.60. The maximum atomic E-state index is 13.7. The third kappa shape index (κ3) is 4.49. The van der Waals surface area contributed by atoms with Crippen LogP contribution in [0.15, 0.2) is 48.5 Å². The maximum absolute atomic E-state index is 13.7. The summed E-state index contributed by atoms with van der Waals surface area (Å²) < 4.78 is 13.7. The third-order valence-corrected chi connectivity index (χ3v) is 4.44. The topological polar surface area (TPSA) is 49.8 Å². The normalized spacial score (nSPS) is 10.6. The van der Waals surface area contributed by atoms with E-state index in [1.165, 1.54) is 6.07 Å². The quantitative estimate of drug-likeness (QED) is 0.619. The first kappa shape index (κ1) is 18.1. The Morgan fingerprint density at radius 3 is 2.65 bits per heavy atom. The van der Waals surface area contributed by atoms with Crippen LogP contribution in [0, 0.1) is 19.7 Å². The van der Waals surface area contributed by atoms with Crippen molar-refractivity contribution >= 4 is 29.1 Å². The molecule has 0 saturated carbocycles. The van der Waals surface area contributed by atoms with E-state index in [0.717, 1.165) is 16.9 Å². The molecule has 26 heavy (non-hydrogen) atoms. The second-order valence-electron chi connectivity index (χ2n) is 6.02. The molecule has 0 aliphatic heterocycles. The van der Waals surface area contributed by atoms with Crippen molar-refractivity contribution in [3.63, 3.8) is 0 Å². The van der Waals surface area contributed by atoms with Gasteiger partial charge in [-0.3, -0.25) is 0 Å². The summed E-state index contributed by atoms with van der Waals surface area (Å²) in [5.74, 6) is 0.992. The van der Waals surface area contributed by atoms with E-state index < -0.39 is 0 Å². The molecule has 0 aliphatic rings. The number of halogens is 2. The van der Waals surface area contributed by atoms with Gasteiger partial charge in [0.1, 0.15) is 11.6 Å². The predicted molar refractivity (Wildman–Crippen MR) is 105 cm³/mol. The predicted octanol–water partition coefficient (Wildman–Crippen LogP) is 5.28. The summed E-state index contributed by atoms with van der Waals surface area (Å²) in [6.07, 6.45) is 0.575. The average Bonchev–Trinajstić information content (AvgIpc) is 2.60. The first-order valence-electron chi connectivity index (χ1n) is 8.38. The molecule has 0 aliphatic carbocycles. The summed E-state index contributed by atoms with van der Waals surface area (Å²) in [4.78, 5) is 8.90. The van der Waals surface area contributed by atoms with Crippen molar-refractivity contribution in [2.45, 2.75) is 20.3 Å². The van der Waals surface area contributed by atoms with E-state index in [2.05, 4.69) is 20.6 Å². The molecule has 0 saturated heterocycles. The molecule has 3 rings (SSSR count). The van der Waals surface area contributed by atoms with Crippen molar-refractivity contribution in [2.24, 2.45) is 0 Å². The number of nitrogens with one attached hydrogen (secondary N) is 2. The lowest BCUT2D eigenvalue weighted by atomic mass is 10.1. The maximum Gasteiger partial charge on any atom is 0.229 e. The van der Waals surface area contributed by atoms with Crippen molar-refractivity contribution in [3.05, 3.63) is 76.2 Å². The molecule has 0 bridgehead atoms. The molecule has 134 valence electrons. The Labute approximate surface area is 157 Å². The summed E-state index contributed by atoms with van der Waals surface area (Å²) in [6.45, 7) is 4.42. The van der Waals surface area contributed by atoms with E-state index in [0.29, 0.717) is 35.3 Å². The summed E-state index contributed by atoms with van der Waals surface area (Å²) in [5.41, 5.74) is 3.31. The highest BCUT2D eigenvalue weighted by atomic mass is 35.5. The van der Waals surface area contributed by atoms with Gasteiger partial charge < -0.3 is 10.6 Å². The van der Waals surface area contributed by atoms with Crippen molar-refractivity contribution < 1.29 is 4.39 Å². The number of aryl methyl sites for hydroxylation is 1. The standard InChI is InChI=1S/C20H20ClFN4/c1-13-12-19(23-11-10-15-6-3-4-8-17(15)22)26-20(24-13)25-18-9-5-7-16(21)14(18)2/h3-9,12H,10-11H2,1-2H3,(H2,23,24,25,26). The Morgan fingerprint density at radius 2 is 1.85 bits per heavy atom. The monoisotopic (exact) mass is 370 g/mol. The molecule has 0 unspecified atom stereocenters. The number of nitrogens with zero attached hydrogens (tertiary/aromatic N) is 2. The highest BCUT2D eigenvalue weighted by Gasteiger charge is 2.07. The fourth-order valence-corrected chi connectivity index (χ4v) is 2.78. The van der Waals surface area contributed by atoms with Gasteiger partial charge in [0.15, 0.2) is 0 Å². The van der Waals surface area contributed by atoms with E-state index in [1.54, 1.807) is 12.1 Å². The van der Waals surface area contributed by atoms with Crippen LogP contribution in [0.1, 0.15) is 16.8 Å². The lowest BCUT2D eigenvalue weighted by Crippen LogP contribution is -2.09. The number of hydrogen-bond acceptors (Lipinski definition) is 4. The van der Waals surface area contributed by atoms with Gasteiger partial charge in [0, 0.05) is 29.0 Å². The smallest absolute Gasteiger partial charge is 0.229 e. The lowest BCUT2D eigenvalue weighted by Gasteiger charge is -2.12. The molecule has 1 aromatic heterocycles. The summed E-state index contributed by atoms with van der Waals surface area (Å²) >= 11 is 6.16. The van der Waals surface area contributed by atoms with Crippen LogP contribution in [0.5, 0.6) is 0 Å². The minimum absolute atomic E-state index is 0.188. The highest BCUT2D eigenvalue weighted by molar-refractivity contribution is 6.31. The van der Waals surface area contributed by atoms with E-state index in [4.69, 9.17) is 11.6 Å². The third-order valence-electron chi connectivity index (χ3n) is 4.03. The second-order valence-corrected chi connectivity index (χ2v) is 6.43. The molecule has 1 heterocycles. The molecular weight excluding hydrogens is 351 g/mol. The Bertz CT molecular complexity index is 914. The zero-order valence-electron chi connectivity index (χ0n) is 14.7. The average molecular weight is 371 g/mol. The van der Waals surface area contributed by atoms with Crippen LogP contribution < -0.4 is 10.6 Å². The molecule has 2 aromatic carbocycles. The molecule has 3 aromatic rings. The highest BCUT2D eigenvalue weighted by Crippen LogP contribution is 2.25. The van der Waals surface area contributed by atoms with Crippen LogP contribution in [0.4, 0.5) is 21.8 Å². The van der Waals surface area contributed by atoms with Gasteiger partial charge >= 0.3 is 0 Å². The first-order valence-corrected chi connectivity index (χ1v) is 8.76. The van der Waals surface area contributed by atoms with E-state index >= 15 is 0 Å². The summed E-state index contributed by atoms with van der Waals surface area (Å²) in [5, 5.41) is 7.12. The van der Waals surface area contributed by atoms with Gasteiger partial charge in [0.25, 0.3) is 0 Å². The zero-order chi connectivity index (χ0) is 18.5. The van der Waals surface area contributed by atoms with Crippen LogP contribution >= 0.6 is 11.6 Å². The Kier molecular flexibility index (Phi) is 5.68. The largest absolute Gasteiger partial charge is 0.370 e. The zero-order valence-corrected chi connectivity index (χ0v) is 15.4. The fraction of sp³-hybridized carbons (Fsp3) is 0.200. The molecular formula is C20H20ClFN4. The second kappa shape index (κ2) is 8.15. The van der Waals surface area contributed by atoms with Crippen LogP contribution in [0.2, 0.25) is 5.02 Å². The minimum atomic E-state index is -0.188. The van der Waals surface area contributed by atoms with E-state index in [1.807, 2.05) is 44.2 Å². The summed E-state index contributed by atoms with van der Waals surface area (Å²) in [7, 11) is 0. The molecule has 0 fully saturated rings. The van der Waals surface area contributed by atoms with Gasteiger partial charge in [0.05, 0.1) is 0 Å². The molecule has 4 nitrogen and oxygen atoms in total. The molecule has 0 amide bonds. The SMILES string of the molecule is Cc1cc(NCCc2ccccc2F)nc(Nc2cccc(Cl)c2C)n1. The van der Waals surface area contributed by atoms with Gasteiger partial charge in [-0.2, -0.15) is 4.98 Å². The Morgan fingerprint density at radius 1 is 1.04 bits per heavy atom. The van der Waals surface area contributed by atoms with Gasteiger partial charge in [-0.05, 0) is 49.6 Å². The van der Waals surface area contributed by atoms with Crippen LogP contribution in [-0.4, -0.2) is 16.5 Å². The Balaban J connectivity index is 1.69. The number of anilines is 3. The number of rotatable bonds is 6. The Hall–Kier alpha value is -2.66. The number of hydrogen-bond donors (Lipinski definition) is 2. The minimum Gasteiger partial charge on any atom is -0.370 e. The molecule has 0 atom stereocenters. The van der Waals surface area contributed by atoms with Crippen molar-refractivity contribution in [1.82, 2.24) is 9.97 Å². The molecule has 6 heteroatoms. The molecule has 2 N–H and O–H groups in total. The van der Waals surface area contributed by atoms with Crippen molar-refractivity contribution in [1.29, 1.82) is 0 Å². The van der Waals surface area contributed by atoms with Crippen LogP contribution in [-0.2, 0) is 6.42 Å². The molecule has 0 spiro atoms.